The van der Waals surface area contributed by atoms with Gasteiger partial charge in [0.2, 0.25) is 0 Å². The maximum atomic E-state index is 8.88. The van der Waals surface area contributed by atoms with Crippen molar-refractivity contribution >= 4 is 30.7 Å². The number of hydrogen-bond donors (Lipinski definition) is 3. The van der Waals surface area contributed by atoms with E-state index in [0.717, 1.165) is 18.7 Å². The summed E-state index contributed by atoms with van der Waals surface area (Å²) >= 11 is 0. The van der Waals surface area contributed by atoms with Crippen molar-refractivity contribution in [1.29, 1.82) is 0 Å². The molecule has 13 heavy (non-hydrogen) atoms. The molecule has 1 aromatic rings. The molecule has 0 atom stereocenters. The van der Waals surface area contributed by atoms with Crippen LogP contribution in [0.25, 0.3) is 0 Å². The summed E-state index contributed by atoms with van der Waals surface area (Å²) in [5.41, 5.74) is 2.82. The zero-order chi connectivity index (χ0) is 8.55. The van der Waals surface area contributed by atoms with Crippen LogP contribution in [0.1, 0.15) is 5.56 Å². The van der Waals surface area contributed by atoms with Gasteiger partial charge in [0.05, 0.1) is 0 Å². The third-order valence-electron chi connectivity index (χ3n) is 2.14. The van der Waals surface area contributed by atoms with Crippen LogP contribution in [-0.4, -0.2) is 23.7 Å². The van der Waals surface area contributed by atoms with Crippen LogP contribution in [0.4, 0.5) is 5.69 Å². The standard InChI is InChI=1S/C8H10BNO2.ClH/c11-9(12)7-2-1-6-3-4-10-8(6)5-7;/h1-2,5,10-12H,3-4H2;1H. The molecule has 5 heteroatoms. The van der Waals surface area contributed by atoms with E-state index >= 15 is 0 Å². The molecule has 0 radical (unpaired) electrons. The van der Waals surface area contributed by atoms with Gasteiger partial charge in [-0.05, 0) is 23.5 Å². The van der Waals surface area contributed by atoms with Crippen molar-refractivity contribution in [3.8, 4) is 0 Å². The molecule has 2 rings (SSSR count). The predicted octanol–water partition coefficient (Wildman–Crippen LogP) is -0.244. The first-order valence-electron chi connectivity index (χ1n) is 4.00. The lowest BCUT2D eigenvalue weighted by Gasteiger charge is -2.03. The Morgan fingerprint density at radius 3 is 2.77 bits per heavy atom. The summed E-state index contributed by atoms with van der Waals surface area (Å²) in [5.74, 6) is 0. The zero-order valence-electron chi connectivity index (χ0n) is 7.03. The fraction of sp³-hybridized carbons (Fsp3) is 0.250. The Morgan fingerprint density at radius 1 is 1.31 bits per heavy atom. The fourth-order valence-electron chi connectivity index (χ4n) is 1.47. The normalized spacial score (nSPS) is 12.8. The van der Waals surface area contributed by atoms with Crippen molar-refractivity contribution in [3.63, 3.8) is 0 Å². The molecular formula is C8H11BClNO2. The smallest absolute Gasteiger partial charge is 0.423 e. The second-order valence-electron chi connectivity index (χ2n) is 2.97. The van der Waals surface area contributed by atoms with E-state index in [4.69, 9.17) is 10.0 Å². The van der Waals surface area contributed by atoms with E-state index in [2.05, 4.69) is 5.32 Å². The maximum absolute atomic E-state index is 8.88. The molecular weight excluding hydrogens is 188 g/mol. The van der Waals surface area contributed by atoms with Crippen LogP contribution in [0, 0.1) is 0 Å². The first kappa shape index (κ1) is 10.4. The second kappa shape index (κ2) is 4.00. The SMILES string of the molecule is Cl.OB(O)c1ccc2c(c1)NCC2. The third kappa shape index (κ3) is 1.96. The first-order chi connectivity index (χ1) is 5.77. The Morgan fingerprint density at radius 2 is 2.08 bits per heavy atom. The molecule has 1 aromatic carbocycles. The van der Waals surface area contributed by atoms with Crippen LogP contribution >= 0.6 is 12.4 Å². The van der Waals surface area contributed by atoms with Crippen molar-refractivity contribution in [3.05, 3.63) is 23.8 Å². The highest BCUT2D eigenvalue weighted by Gasteiger charge is 2.15. The van der Waals surface area contributed by atoms with Gasteiger partial charge < -0.3 is 15.4 Å². The topological polar surface area (TPSA) is 52.5 Å². The van der Waals surface area contributed by atoms with Crippen molar-refractivity contribution < 1.29 is 10.0 Å². The molecule has 3 N–H and O–H groups in total. The van der Waals surface area contributed by atoms with Gasteiger partial charge in [-0.25, -0.2) is 0 Å². The molecule has 0 saturated heterocycles. The lowest BCUT2D eigenvalue weighted by molar-refractivity contribution is 0.426. The van der Waals surface area contributed by atoms with Crippen LogP contribution in [0.3, 0.4) is 0 Å². The highest BCUT2D eigenvalue weighted by atomic mass is 35.5. The van der Waals surface area contributed by atoms with Gasteiger partial charge in [-0.1, -0.05) is 12.1 Å². The number of hydrogen-bond acceptors (Lipinski definition) is 3. The Labute approximate surface area is 83.3 Å². The summed E-state index contributed by atoms with van der Waals surface area (Å²) in [6.45, 7) is 0.945. The van der Waals surface area contributed by atoms with Crippen molar-refractivity contribution in [1.82, 2.24) is 0 Å². The second-order valence-corrected chi connectivity index (χ2v) is 2.97. The van der Waals surface area contributed by atoms with Gasteiger partial charge in [0.15, 0.2) is 0 Å². The van der Waals surface area contributed by atoms with Gasteiger partial charge in [0.25, 0.3) is 0 Å². The van der Waals surface area contributed by atoms with Gasteiger partial charge in [-0.3, -0.25) is 0 Å². The molecule has 1 aliphatic heterocycles. The molecule has 0 aliphatic carbocycles. The Balaban J connectivity index is 0.000000845. The molecule has 1 heterocycles. The van der Waals surface area contributed by atoms with Crippen LogP contribution < -0.4 is 10.8 Å². The summed E-state index contributed by atoms with van der Waals surface area (Å²) in [4.78, 5) is 0. The monoisotopic (exact) mass is 199 g/mol. The quantitative estimate of drug-likeness (QED) is 0.547. The summed E-state index contributed by atoms with van der Waals surface area (Å²) in [6.07, 6.45) is 1.02. The van der Waals surface area contributed by atoms with Crippen LogP contribution in [0.2, 0.25) is 0 Å². The number of benzene rings is 1. The summed E-state index contributed by atoms with van der Waals surface area (Å²) in [6, 6.07) is 5.47. The molecule has 0 aromatic heterocycles. The Bertz CT molecular complexity index is 306. The third-order valence-corrected chi connectivity index (χ3v) is 2.14. The van der Waals surface area contributed by atoms with Gasteiger partial charge in [0, 0.05) is 12.2 Å². The number of anilines is 1. The summed E-state index contributed by atoms with van der Waals surface area (Å²) in [5, 5.41) is 20.9. The van der Waals surface area contributed by atoms with Crippen molar-refractivity contribution in [2.45, 2.75) is 6.42 Å². The maximum Gasteiger partial charge on any atom is 0.488 e. The van der Waals surface area contributed by atoms with Gasteiger partial charge in [-0.15, -0.1) is 12.4 Å². The molecule has 0 bridgehead atoms. The summed E-state index contributed by atoms with van der Waals surface area (Å²) in [7, 11) is -1.36. The van der Waals surface area contributed by atoms with E-state index in [-0.39, 0.29) is 12.4 Å². The van der Waals surface area contributed by atoms with Crippen molar-refractivity contribution in [2.24, 2.45) is 0 Å². The number of nitrogens with one attached hydrogen (secondary N) is 1. The van der Waals surface area contributed by atoms with E-state index in [1.165, 1.54) is 5.56 Å². The van der Waals surface area contributed by atoms with E-state index < -0.39 is 7.12 Å². The van der Waals surface area contributed by atoms with Crippen LogP contribution in [-0.2, 0) is 6.42 Å². The molecule has 0 unspecified atom stereocenters. The molecule has 1 aliphatic rings. The van der Waals surface area contributed by atoms with Gasteiger partial charge >= 0.3 is 7.12 Å². The van der Waals surface area contributed by atoms with Crippen LogP contribution in [0.15, 0.2) is 18.2 Å². The minimum Gasteiger partial charge on any atom is -0.423 e. The van der Waals surface area contributed by atoms with E-state index in [9.17, 15) is 0 Å². The highest BCUT2D eigenvalue weighted by molar-refractivity contribution is 6.58. The molecule has 70 valence electrons. The molecule has 0 saturated carbocycles. The highest BCUT2D eigenvalue weighted by Crippen LogP contribution is 2.19. The zero-order valence-corrected chi connectivity index (χ0v) is 7.84. The molecule has 0 amide bonds. The molecule has 0 fully saturated rings. The van der Waals surface area contributed by atoms with Gasteiger partial charge in [-0.2, -0.15) is 0 Å². The average molecular weight is 199 g/mol. The minimum atomic E-state index is -1.36. The fourth-order valence-corrected chi connectivity index (χ4v) is 1.47. The average Bonchev–Trinajstić information content (AvgIpc) is 2.49. The number of fused-ring (bicyclic) bond motifs is 1. The number of rotatable bonds is 1. The largest absolute Gasteiger partial charge is 0.488 e. The Hall–Kier alpha value is -0.705. The molecule has 0 spiro atoms. The summed E-state index contributed by atoms with van der Waals surface area (Å²) < 4.78 is 0. The van der Waals surface area contributed by atoms with E-state index in [1.807, 2.05) is 6.07 Å². The molecule has 3 nitrogen and oxygen atoms in total. The number of halogens is 1. The van der Waals surface area contributed by atoms with Gasteiger partial charge in [0.1, 0.15) is 0 Å². The lowest BCUT2D eigenvalue weighted by Crippen LogP contribution is -2.29. The van der Waals surface area contributed by atoms with E-state index in [1.54, 1.807) is 12.1 Å². The predicted molar refractivity (Wildman–Crippen MR) is 55.7 cm³/mol. The van der Waals surface area contributed by atoms with E-state index in [0.29, 0.717) is 5.46 Å². The lowest BCUT2D eigenvalue weighted by atomic mass is 9.80. The minimum absolute atomic E-state index is 0. The van der Waals surface area contributed by atoms with Crippen LogP contribution in [0.5, 0.6) is 0 Å². The van der Waals surface area contributed by atoms with Crippen molar-refractivity contribution in [2.75, 3.05) is 11.9 Å². The Kier molecular flexibility index (Phi) is 3.19. The first-order valence-corrected chi connectivity index (χ1v) is 4.00.